The molecule has 2 rings (SSSR count). The van der Waals surface area contributed by atoms with Crippen molar-refractivity contribution in [2.75, 3.05) is 0 Å². The number of pyridine rings is 1. The maximum Gasteiger partial charge on any atom is 0.110 e. The lowest BCUT2D eigenvalue weighted by Crippen LogP contribution is -1.93. The minimum Gasteiger partial charge on any atom is -0.241 e. The Morgan fingerprint density at radius 2 is 1.93 bits per heavy atom. The molecule has 0 aliphatic carbocycles. The number of benzene rings is 1. The van der Waals surface area contributed by atoms with Crippen molar-refractivity contribution in [3.63, 3.8) is 0 Å². The topological polar surface area (TPSA) is 12.9 Å². The van der Waals surface area contributed by atoms with Crippen molar-refractivity contribution < 1.29 is 0 Å². The predicted molar refractivity (Wildman–Crippen MR) is 68.3 cm³/mol. The lowest BCUT2D eigenvalue weighted by Gasteiger charge is -2.09. The number of hydrogen-bond donors (Lipinski definition) is 0. The Balaban J connectivity index is 2.72. The van der Waals surface area contributed by atoms with Crippen LogP contribution < -0.4 is 0 Å². The summed E-state index contributed by atoms with van der Waals surface area (Å²) >= 11 is 3.53. The molecular weight excluding hydrogens is 250 g/mol. The Bertz CT molecular complexity index is 503. The van der Waals surface area contributed by atoms with Crippen LogP contribution in [0.1, 0.15) is 30.9 Å². The van der Waals surface area contributed by atoms with E-state index in [1.807, 2.05) is 0 Å². The Kier molecular flexibility index (Phi) is 2.79. The molecule has 1 aromatic heterocycles. The van der Waals surface area contributed by atoms with Crippen LogP contribution in [0.4, 0.5) is 0 Å². The normalized spacial score (nSPS) is 11.3. The van der Waals surface area contributed by atoms with Crippen LogP contribution in [-0.4, -0.2) is 4.98 Å². The van der Waals surface area contributed by atoms with E-state index in [9.17, 15) is 0 Å². The number of aryl methyl sites for hydroxylation is 1. The summed E-state index contributed by atoms with van der Waals surface area (Å²) in [4.78, 5) is 4.55. The van der Waals surface area contributed by atoms with Gasteiger partial charge in [-0.15, -0.1) is 0 Å². The van der Waals surface area contributed by atoms with Gasteiger partial charge in [0.15, 0.2) is 0 Å². The number of aromatic nitrogens is 1. The van der Waals surface area contributed by atoms with Crippen LogP contribution in [0, 0.1) is 6.92 Å². The first-order valence-corrected chi connectivity index (χ1v) is 5.94. The second kappa shape index (κ2) is 3.93. The highest BCUT2D eigenvalue weighted by atomic mass is 79.9. The van der Waals surface area contributed by atoms with Gasteiger partial charge in [0.1, 0.15) is 4.60 Å². The summed E-state index contributed by atoms with van der Waals surface area (Å²) in [6.45, 7) is 6.48. The zero-order chi connectivity index (χ0) is 11.0. The van der Waals surface area contributed by atoms with Crippen molar-refractivity contribution >= 4 is 26.8 Å². The molecule has 0 amide bonds. The summed E-state index contributed by atoms with van der Waals surface area (Å²) < 4.78 is 0.967. The first kappa shape index (κ1) is 10.6. The van der Waals surface area contributed by atoms with Crippen LogP contribution in [0.2, 0.25) is 0 Å². The molecule has 0 atom stereocenters. The zero-order valence-corrected chi connectivity index (χ0v) is 10.8. The summed E-state index contributed by atoms with van der Waals surface area (Å²) in [5, 5.41) is 1.22. The molecule has 0 aliphatic heterocycles. The fourth-order valence-corrected chi connectivity index (χ4v) is 2.46. The van der Waals surface area contributed by atoms with Crippen LogP contribution in [0.5, 0.6) is 0 Å². The van der Waals surface area contributed by atoms with Gasteiger partial charge in [0, 0.05) is 5.39 Å². The molecule has 0 radical (unpaired) electrons. The number of nitrogens with zero attached hydrogens (tertiary/aromatic N) is 1. The van der Waals surface area contributed by atoms with Crippen LogP contribution in [-0.2, 0) is 0 Å². The second-order valence-corrected chi connectivity index (χ2v) is 4.97. The average Bonchev–Trinajstić information content (AvgIpc) is 2.17. The molecule has 1 heterocycles. The minimum absolute atomic E-state index is 0.497. The quantitative estimate of drug-likeness (QED) is 0.694. The highest BCUT2D eigenvalue weighted by Crippen LogP contribution is 2.27. The van der Waals surface area contributed by atoms with Crippen molar-refractivity contribution in [2.24, 2.45) is 0 Å². The van der Waals surface area contributed by atoms with Crippen molar-refractivity contribution in [2.45, 2.75) is 26.7 Å². The van der Waals surface area contributed by atoms with Crippen LogP contribution >= 0.6 is 15.9 Å². The first-order chi connectivity index (χ1) is 7.08. The first-order valence-electron chi connectivity index (χ1n) is 5.14. The molecule has 0 N–H and O–H groups in total. The zero-order valence-electron chi connectivity index (χ0n) is 9.21. The number of hydrogen-bond acceptors (Lipinski definition) is 1. The smallest absolute Gasteiger partial charge is 0.110 e. The van der Waals surface area contributed by atoms with Gasteiger partial charge in [-0.1, -0.05) is 25.5 Å². The van der Waals surface area contributed by atoms with E-state index < -0.39 is 0 Å². The third kappa shape index (κ3) is 2.05. The fourth-order valence-electron chi connectivity index (χ4n) is 1.69. The van der Waals surface area contributed by atoms with E-state index in [-0.39, 0.29) is 0 Å². The monoisotopic (exact) mass is 263 g/mol. The summed E-state index contributed by atoms with van der Waals surface area (Å²) in [5.41, 5.74) is 3.60. The van der Waals surface area contributed by atoms with Gasteiger partial charge in [-0.25, -0.2) is 4.98 Å². The fraction of sp³-hybridized carbons (Fsp3) is 0.308. The maximum absolute atomic E-state index is 4.55. The van der Waals surface area contributed by atoms with E-state index in [0.717, 1.165) is 10.1 Å². The van der Waals surface area contributed by atoms with E-state index in [1.54, 1.807) is 0 Å². The summed E-state index contributed by atoms with van der Waals surface area (Å²) in [5.74, 6) is 0.497. The highest BCUT2D eigenvalue weighted by Gasteiger charge is 2.07. The summed E-state index contributed by atoms with van der Waals surface area (Å²) in [6, 6.07) is 8.57. The van der Waals surface area contributed by atoms with E-state index in [1.165, 1.54) is 16.5 Å². The Morgan fingerprint density at radius 1 is 1.20 bits per heavy atom. The van der Waals surface area contributed by atoms with Gasteiger partial charge < -0.3 is 0 Å². The van der Waals surface area contributed by atoms with Crippen molar-refractivity contribution in [3.05, 3.63) is 40.0 Å². The van der Waals surface area contributed by atoms with Gasteiger partial charge in [-0.3, -0.25) is 0 Å². The largest absolute Gasteiger partial charge is 0.241 e. The van der Waals surface area contributed by atoms with Gasteiger partial charge in [-0.05, 0) is 52.5 Å². The second-order valence-electron chi connectivity index (χ2n) is 4.22. The number of halogens is 1. The molecule has 0 saturated carbocycles. The molecule has 1 aromatic carbocycles. The minimum atomic E-state index is 0.497. The Hall–Kier alpha value is -0.890. The molecule has 0 spiro atoms. The lowest BCUT2D eigenvalue weighted by molar-refractivity contribution is 0.854. The molecular formula is C13H14BrN. The molecule has 2 heteroatoms. The Labute approximate surface area is 98.7 Å². The van der Waals surface area contributed by atoms with Crippen LogP contribution in [0.25, 0.3) is 10.9 Å². The molecule has 0 bridgehead atoms. The van der Waals surface area contributed by atoms with Crippen molar-refractivity contribution in [1.82, 2.24) is 4.98 Å². The molecule has 0 unspecified atom stereocenters. The van der Waals surface area contributed by atoms with Crippen LogP contribution in [0.15, 0.2) is 28.9 Å². The summed E-state index contributed by atoms with van der Waals surface area (Å²) in [7, 11) is 0. The van der Waals surface area contributed by atoms with Gasteiger partial charge >= 0.3 is 0 Å². The van der Waals surface area contributed by atoms with E-state index in [4.69, 9.17) is 0 Å². The van der Waals surface area contributed by atoms with Gasteiger partial charge in [-0.2, -0.15) is 0 Å². The SMILES string of the molecule is Cc1ccc2nc(Br)c(C(C)C)cc2c1. The number of fused-ring (bicyclic) bond motifs is 1. The molecule has 78 valence electrons. The van der Waals surface area contributed by atoms with Crippen molar-refractivity contribution in [1.29, 1.82) is 0 Å². The number of rotatable bonds is 1. The molecule has 0 aliphatic rings. The van der Waals surface area contributed by atoms with E-state index in [2.05, 4.69) is 66.0 Å². The van der Waals surface area contributed by atoms with E-state index in [0.29, 0.717) is 5.92 Å². The third-order valence-corrected chi connectivity index (χ3v) is 3.21. The van der Waals surface area contributed by atoms with Gasteiger partial charge in [0.05, 0.1) is 5.52 Å². The highest BCUT2D eigenvalue weighted by molar-refractivity contribution is 9.10. The molecule has 2 aromatic rings. The Morgan fingerprint density at radius 3 is 2.60 bits per heavy atom. The maximum atomic E-state index is 4.55. The molecule has 0 fully saturated rings. The molecule has 15 heavy (non-hydrogen) atoms. The third-order valence-electron chi connectivity index (χ3n) is 2.57. The van der Waals surface area contributed by atoms with Gasteiger partial charge in [0.25, 0.3) is 0 Å². The van der Waals surface area contributed by atoms with Gasteiger partial charge in [0.2, 0.25) is 0 Å². The van der Waals surface area contributed by atoms with E-state index >= 15 is 0 Å². The van der Waals surface area contributed by atoms with Crippen LogP contribution in [0.3, 0.4) is 0 Å². The standard InChI is InChI=1S/C13H14BrN/c1-8(2)11-7-10-6-9(3)4-5-12(10)15-13(11)14/h4-8H,1-3H3. The molecule has 0 saturated heterocycles. The lowest BCUT2D eigenvalue weighted by atomic mass is 10.0. The molecule has 1 nitrogen and oxygen atoms in total. The van der Waals surface area contributed by atoms with Crippen molar-refractivity contribution in [3.8, 4) is 0 Å². The average molecular weight is 264 g/mol. The summed E-state index contributed by atoms with van der Waals surface area (Å²) in [6.07, 6.45) is 0. The predicted octanol–water partition coefficient (Wildman–Crippen LogP) is 4.43.